The van der Waals surface area contributed by atoms with Crippen LogP contribution in [0.1, 0.15) is 44.6 Å². The van der Waals surface area contributed by atoms with E-state index in [2.05, 4.69) is 53.3 Å². The van der Waals surface area contributed by atoms with Crippen LogP contribution in [0.15, 0.2) is 22.7 Å². The van der Waals surface area contributed by atoms with Gasteiger partial charge in [0.15, 0.2) is 0 Å². The molecule has 1 rings (SSSR count). The first-order chi connectivity index (χ1) is 7.74. The molecule has 16 heavy (non-hydrogen) atoms. The van der Waals surface area contributed by atoms with E-state index in [4.69, 9.17) is 0 Å². The highest BCUT2D eigenvalue weighted by Crippen LogP contribution is 2.19. The van der Waals surface area contributed by atoms with Gasteiger partial charge in [0.05, 0.1) is 0 Å². The maximum Gasteiger partial charge on any atom is 0.0343 e. The number of nitrogens with one attached hydrogen (secondary N) is 1. The molecule has 0 spiro atoms. The van der Waals surface area contributed by atoms with Crippen LogP contribution < -0.4 is 5.32 Å². The lowest BCUT2D eigenvalue weighted by molar-refractivity contribution is 0.645. The summed E-state index contributed by atoms with van der Waals surface area (Å²) < 4.78 is 1.18. The van der Waals surface area contributed by atoms with Gasteiger partial charge in [0.25, 0.3) is 0 Å². The fourth-order valence-electron chi connectivity index (χ4n) is 1.72. The number of rotatable bonds is 7. The van der Waals surface area contributed by atoms with E-state index in [1.54, 1.807) is 0 Å². The Hall–Kier alpha value is -0.500. The van der Waals surface area contributed by atoms with Crippen LogP contribution in [0.5, 0.6) is 0 Å². The number of aryl methyl sites for hydroxylation is 1. The molecular formula is C14H22BrN. The van der Waals surface area contributed by atoms with E-state index in [0.717, 1.165) is 6.54 Å². The zero-order chi connectivity index (χ0) is 11.8. The van der Waals surface area contributed by atoms with Gasteiger partial charge in [0.1, 0.15) is 0 Å². The summed E-state index contributed by atoms with van der Waals surface area (Å²) in [4.78, 5) is 0. The molecular weight excluding hydrogens is 262 g/mol. The summed E-state index contributed by atoms with van der Waals surface area (Å²) in [7, 11) is 0. The third kappa shape index (κ3) is 5.02. The first-order valence-electron chi connectivity index (χ1n) is 6.24. The van der Waals surface area contributed by atoms with E-state index in [1.165, 1.54) is 47.8 Å². The largest absolute Gasteiger partial charge is 0.385 e. The molecule has 90 valence electrons. The summed E-state index contributed by atoms with van der Waals surface area (Å²) in [6.45, 7) is 5.46. The molecule has 1 N–H and O–H groups in total. The maximum absolute atomic E-state index is 3.51. The summed E-state index contributed by atoms with van der Waals surface area (Å²) in [6.07, 6.45) is 6.68. The molecule has 0 radical (unpaired) electrons. The monoisotopic (exact) mass is 283 g/mol. The molecule has 0 unspecified atom stereocenters. The summed E-state index contributed by atoms with van der Waals surface area (Å²) in [5, 5.41) is 3.47. The predicted molar refractivity (Wildman–Crippen MR) is 76.1 cm³/mol. The van der Waals surface area contributed by atoms with Crippen molar-refractivity contribution in [3.8, 4) is 0 Å². The second-order valence-electron chi connectivity index (χ2n) is 4.30. The maximum atomic E-state index is 3.51. The van der Waals surface area contributed by atoms with Gasteiger partial charge in [-0.3, -0.25) is 0 Å². The Kier molecular flexibility index (Phi) is 6.55. The zero-order valence-electron chi connectivity index (χ0n) is 10.4. The number of benzene rings is 1. The van der Waals surface area contributed by atoms with Gasteiger partial charge in [-0.25, -0.2) is 0 Å². The van der Waals surface area contributed by atoms with Crippen molar-refractivity contribution in [2.75, 3.05) is 11.9 Å². The number of hydrogen-bond donors (Lipinski definition) is 1. The standard InChI is InChI=1S/C14H22BrN/c1-3-4-5-6-7-10-16-13-8-9-14(15)12(2)11-13/h8-9,11,16H,3-7,10H2,1-2H3. The molecule has 0 fully saturated rings. The van der Waals surface area contributed by atoms with Gasteiger partial charge in [-0.05, 0) is 37.1 Å². The van der Waals surface area contributed by atoms with Gasteiger partial charge in [-0.1, -0.05) is 48.5 Å². The van der Waals surface area contributed by atoms with Crippen LogP contribution in [0.4, 0.5) is 5.69 Å². The number of halogens is 1. The normalized spacial score (nSPS) is 10.4. The van der Waals surface area contributed by atoms with Crippen LogP contribution >= 0.6 is 15.9 Å². The van der Waals surface area contributed by atoms with Crippen molar-refractivity contribution in [1.82, 2.24) is 0 Å². The molecule has 1 aromatic carbocycles. The van der Waals surface area contributed by atoms with E-state index in [9.17, 15) is 0 Å². The van der Waals surface area contributed by atoms with E-state index in [-0.39, 0.29) is 0 Å². The van der Waals surface area contributed by atoms with Gasteiger partial charge in [-0.15, -0.1) is 0 Å². The van der Waals surface area contributed by atoms with Crippen LogP contribution in [0.25, 0.3) is 0 Å². The minimum Gasteiger partial charge on any atom is -0.385 e. The Labute approximate surface area is 108 Å². The molecule has 1 aromatic rings. The molecule has 0 atom stereocenters. The number of anilines is 1. The zero-order valence-corrected chi connectivity index (χ0v) is 11.9. The molecule has 0 saturated heterocycles. The van der Waals surface area contributed by atoms with Crippen molar-refractivity contribution < 1.29 is 0 Å². The average Bonchev–Trinajstić information content (AvgIpc) is 2.28. The van der Waals surface area contributed by atoms with Crippen molar-refractivity contribution in [1.29, 1.82) is 0 Å². The van der Waals surface area contributed by atoms with Crippen LogP contribution in [-0.4, -0.2) is 6.54 Å². The Morgan fingerprint density at radius 2 is 1.88 bits per heavy atom. The van der Waals surface area contributed by atoms with Crippen LogP contribution in [0, 0.1) is 6.92 Å². The van der Waals surface area contributed by atoms with E-state index in [1.807, 2.05) is 0 Å². The third-order valence-corrected chi connectivity index (χ3v) is 3.66. The highest BCUT2D eigenvalue weighted by atomic mass is 79.9. The van der Waals surface area contributed by atoms with Gasteiger partial charge in [0.2, 0.25) is 0 Å². The molecule has 0 aromatic heterocycles. The Morgan fingerprint density at radius 1 is 1.12 bits per heavy atom. The van der Waals surface area contributed by atoms with Gasteiger partial charge in [-0.2, -0.15) is 0 Å². The van der Waals surface area contributed by atoms with Crippen molar-refractivity contribution in [3.63, 3.8) is 0 Å². The Morgan fingerprint density at radius 3 is 2.56 bits per heavy atom. The lowest BCUT2D eigenvalue weighted by Crippen LogP contribution is -2.01. The summed E-state index contributed by atoms with van der Waals surface area (Å²) in [5.74, 6) is 0. The van der Waals surface area contributed by atoms with Gasteiger partial charge in [0, 0.05) is 16.7 Å². The highest BCUT2D eigenvalue weighted by Gasteiger charge is 1.96. The predicted octanol–water partition coefficient (Wildman–Crippen LogP) is 5.14. The van der Waals surface area contributed by atoms with Gasteiger partial charge < -0.3 is 5.32 Å². The van der Waals surface area contributed by atoms with Crippen molar-refractivity contribution in [2.45, 2.75) is 46.0 Å². The second kappa shape index (κ2) is 7.72. The second-order valence-corrected chi connectivity index (χ2v) is 5.16. The smallest absolute Gasteiger partial charge is 0.0343 e. The fraction of sp³-hybridized carbons (Fsp3) is 0.571. The first-order valence-corrected chi connectivity index (χ1v) is 7.03. The molecule has 0 aliphatic heterocycles. The van der Waals surface area contributed by atoms with Crippen LogP contribution in [0.2, 0.25) is 0 Å². The molecule has 0 amide bonds. The molecule has 1 nitrogen and oxygen atoms in total. The Bertz CT molecular complexity index is 310. The third-order valence-electron chi connectivity index (χ3n) is 2.77. The van der Waals surface area contributed by atoms with Crippen molar-refractivity contribution >= 4 is 21.6 Å². The van der Waals surface area contributed by atoms with Crippen LogP contribution in [0.3, 0.4) is 0 Å². The quantitative estimate of drug-likeness (QED) is 0.683. The minimum absolute atomic E-state index is 1.09. The highest BCUT2D eigenvalue weighted by molar-refractivity contribution is 9.10. The minimum atomic E-state index is 1.09. The summed E-state index contributed by atoms with van der Waals surface area (Å²) >= 11 is 3.51. The first kappa shape index (κ1) is 13.6. The fourth-order valence-corrected chi connectivity index (χ4v) is 1.96. The molecule has 0 saturated carbocycles. The van der Waals surface area contributed by atoms with E-state index < -0.39 is 0 Å². The van der Waals surface area contributed by atoms with Gasteiger partial charge >= 0.3 is 0 Å². The number of unbranched alkanes of at least 4 members (excludes halogenated alkanes) is 4. The molecule has 0 bridgehead atoms. The SMILES string of the molecule is CCCCCCCNc1ccc(Br)c(C)c1. The van der Waals surface area contributed by atoms with Crippen LogP contribution in [-0.2, 0) is 0 Å². The van der Waals surface area contributed by atoms with Crippen molar-refractivity contribution in [2.24, 2.45) is 0 Å². The summed E-state index contributed by atoms with van der Waals surface area (Å²) in [6, 6.07) is 6.42. The number of hydrogen-bond acceptors (Lipinski definition) is 1. The average molecular weight is 284 g/mol. The van der Waals surface area contributed by atoms with E-state index >= 15 is 0 Å². The topological polar surface area (TPSA) is 12.0 Å². The lowest BCUT2D eigenvalue weighted by atomic mass is 10.1. The Balaban J connectivity index is 2.19. The molecule has 0 aliphatic rings. The molecule has 2 heteroatoms. The molecule has 0 aliphatic carbocycles. The molecule has 0 heterocycles. The van der Waals surface area contributed by atoms with E-state index in [0.29, 0.717) is 0 Å². The van der Waals surface area contributed by atoms with Crippen molar-refractivity contribution in [3.05, 3.63) is 28.2 Å². The summed E-state index contributed by atoms with van der Waals surface area (Å²) in [5.41, 5.74) is 2.52. The lowest BCUT2D eigenvalue weighted by Gasteiger charge is -2.07.